The van der Waals surface area contributed by atoms with Crippen molar-refractivity contribution in [3.05, 3.63) is 29.3 Å². The number of ketones is 1. The molecule has 1 unspecified atom stereocenters. The third kappa shape index (κ3) is 13.1. The lowest BCUT2D eigenvalue weighted by Gasteiger charge is -2.41. The first kappa shape index (κ1) is 38.1. The molecule has 246 valence electrons. The quantitative estimate of drug-likeness (QED) is 0.193. The van der Waals surface area contributed by atoms with Crippen LogP contribution in [0.5, 0.6) is 0 Å². The number of carboxylic acid groups (broad SMARTS) is 1. The third-order valence-electron chi connectivity index (χ3n) is 7.55. The highest BCUT2D eigenvalue weighted by Crippen LogP contribution is 2.41. The maximum absolute atomic E-state index is 13.2. The molecule has 0 bridgehead atoms. The minimum atomic E-state index is -1.08. The van der Waals surface area contributed by atoms with E-state index in [9.17, 15) is 33.9 Å². The number of hydrogen-bond acceptors (Lipinski definition) is 7. The summed E-state index contributed by atoms with van der Waals surface area (Å²) < 4.78 is 5.32. The lowest BCUT2D eigenvalue weighted by Crippen LogP contribution is -2.45. The standard InChI is InChI=1S/C32H50N4O8/c1-19(2)24(14-26(39)40)28(42)34-17-21-11-22(27(41)33-16-20(3)37)13-23(12-21)36-25(38)15-31(7,8)32(9,10)18-35-29(43)44-30(4,5)6/h11-13,19,24H,14-18H2,1-10H3,(H,33,41)(H,34,42)(H,35,43)(H,36,38)(H,39,40). The van der Waals surface area contributed by atoms with Crippen molar-refractivity contribution in [3.8, 4) is 0 Å². The largest absolute Gasteiger partial charge is 0.481 e. The number of carbonyl (C=O) groups is 6. The Morgan fingerprint density at radius 3 is 2.00 bits per heavy atom. The molecule has 0 saturated heterocycles. The molecule has 0 aliphatic heterocycles. The molecule has 0 fully saturated rings. The molecule has 1 aromatic carbocycles. The summed E-state index contributed by atoms with van der Waals surface area (Å²) in [5, 5.41) is 20.1. The summed E-state index contributed by atoms with van der Waals surface area (Å²) >= 11 is 0. The van der Waals surface area contributed by atoms with Crippen molar-refractivity contribution >= 4 is 41.3 Å². The van der Waals surface area contributed by atoms with E-state index in [0.717, 1.165) is 0 Å². The van der Waals surface area contributed by atoms with Crippen LogP contribution in [0.25, 0.3) is 0 Å². The SMILES string of the molecule is CC(=O)CNC(=O)c1cc(CNC(=O)C(CC(=O)O)C(C)C)cc(NC(=O)CC(C)(C)C(C)(C)CNC(=O)OC(C)(C)C)c1. The molecule has 5 N–H and O–H groups in total. The van der Waals surface area contributed by atoms with Gasteiger partial charge in [0.2, 0.25) is 11.8 Å². The average Bonchev–Trinajstić information content (AvgIpc) is 2.85. The van der Waals surface area contributed by atoms with E-state index in [1.807, 2.05) is 27.7 Å². The number of anilines is 1. The van der Waals surface area contributed by atoms with Gasteiger partial charge in [-0.3, -0.25) is 24.0 Å². The molecule has 0 aromatic heterocycles. The van der Waals surface area contributed by atoms with Crippen molar-refractivity contribution < 1.29 is 38.6 Å². The van der Waals surface area contributed by atoms with Gasteiger partial charge < -0.3 is 31.1 Å². The molecule has 0 spiro atoms. The van der Waals surface area contributed by atoms with E-state index in [1.54, 1.807) is 40.7 Å². The van der Waals surface area contributed by atoms with Crippen LogP contribution in [0.1, 0.15) is 98.0 Å². The Morgan fingerprint density at radius 2 is 1.48 bits per heavy atom. The molecule has 4 amide bonds. The van der Waals surface area contributed by atoms with Gasteiger partial charge in [-0.15, -0.1) is 0 Å². The van der Waals surface area contributed by atoms with Gasteiger partial charge in [0.15, 0.2) is 0 Å². The number of alkyl carbamates (subject to hydrolysis) is 1. The average molecular weight is 619 g/mol. The lowest BCUT2D eigenvalue weighted by molar-refractivity contribution is -0.142. The monoisotopic (exact) mass is 618 g/mol. The van der Waals surface area contributed by atoms with Crippen molar-refractivity contribution in [2.45, 2.75) is 94.2 Å². The van der Waals surface area contributed by atoms with Crippen molar-refractivity contribution in [2.24, 2.45) is 22.7 Å². The first-order valence-electron chi connectivity index (χ1n) is 14.7. The molecule has 0 aliphatic carbocycles. The van der Waals surface area contributed by atoms with E-state index in [2.05, 4.69) is 21.3 Å². The molecular weight excluding hydrogens is 568 g/mol. The molecule has 0 aliphatic rings. The van der Waals surface area contributed by atoms with Crippen LogP contribution in [-0.2, 0) is 30.5 Å². The minimum Gasteiger partial charge on any atom is -0.481 e. The molecule has 0 heterocycles. The van der Waals surface area contributed by atoms with Crippen LogP contribution >= 0.6 is 0 Å². The summed E-state index contributed by atoms with van der Waals surface area (Å²) in [6, 6.07) is 4.62. The predicted octanol–water partition coefficient (Wildman–Crippen LogP) is 4.27. The summed E-state index contributed by atoms with van der Waals surface area (Å²) in [4.78, 5) is 73.6. The highest BCUT2D eigenvalue weighted by Gasteiger charge is 2.39. The van der Waals surface area contributed by atoms with Gasteiger partial charge in [0.05, 0.1) is 18.9 Å². The van der Waals surface area contributed by atoms with Crippen molar-refractivity contribution in [2.75, 3.05) is 18.4 Å². The van der Waals surface area contributed by atoms with Crippen molar-refractivity contribution in [3.63, 3.8) is 0 Å². The summed E-state index contributed by atoms with van der Waals surface area (Å²) in [6.07, 6.45) is -0.792. The van der Waals surface area contributed by atoms with Gasteiger partial charge in [-0.25, -0.2) is 4.79 Å². The molecule has 44 heavy (non-hydrogen) atoms. The second kappa shape index (κ2) is 15.7. The fourth-order valence-electron chi connectivity index (χ4n) is 4.14. The molecule has 12 heteroatoms. The van der Waals surface area contributed by atoms with E-state index < -0.39 is 46.2 Å². The Kier molecular flexibility index (Phi) is 13.6. The van der Waals surface area contributed by atoms with Crippen LogP contribution in [0.2, 0.25) is 0 Å². The highest BCUT2D eigenvalue weighted by molar-refractivity contribution is 5.99. The van der Waals surface area contributed by atoms with Crippen LogP contribution in [-0.4, -0.2) is 59.4 Å². The Bertz CT molecular complexity index is 1230. The molecular formula is C32H50N4O8. The smallest absolute Gasteiger partial charge is 0.407 e. The van der Waals surface area contributed by atoms with Gasteiger partial charge in [-0.2, -0.15) is 0 Å². The lowest BCUT2D eigenvalue weighted by atomic mass is 9.66. The van der Waals surface area contributed by atoms with Crippen molar-refractivity contribution in [1.82, 2.24) is 16.0 Å². The van der Waals surface area contributed by atoms with Gasteiger partial charge in [-0.05, 0) is 68.2 Å². The molecule has 1 atom stereocenters. The summed E-state index contributed by atoms with van der Waals surface area (Å²) in [5.41, 5.74) is -0.787. The highest BCUT2D eigenvalue weighted by atomic mass is 16.6. The third-order valence-corrected chi connectivity index (χ3v) is 7.55. The van der Waals surface area contributed by atoms with Gasteiger partial charge in [0, 0.05) is 30.8 Å². The van der Waals surface area contributed by atoms with Gasteiger partial charge in [0.25, 0.3) is 5.91 Å². The van der Waals surface area contributed by atoms with E-state index >= 15 is 0 Å². The van der Waals surface area contributed by atoms with Crippen LogP contribution in [0.4, 0.5) is 10.5 Å². The summed E-state index contributed by atoms with van der Waals surface area (Å²) in [7, 11) is 0. The zero-order valence-electron chi connectivity index (χ0n) is 27.7. The van der Waals surface area contributed by atoms with Crippen LogP contribution in [0.15, 0.2) is 18.2 Å². The molecule has 0 radical (unpaired) electrons. The number of amides is 4. The first-order chi connectivity index (χ1) is 20.0. The second-order valence-corrected chi connectivity index (χ2v) is 13.8. The fourth-order valence-corrected chi connectivity index (χ4v) is 4.14. The Morgan fingerprint density at radius 1 is 0.864 bits per heavy atom. The second-order valence-electron chi connectivity index (χ2n) is 13.8. The number of ether oxygens (including phenoxy) is 1. The van der Waals surface area contributed by atoms with Gasteiger partial charge in [-0.1, -0.05) is 41.5 Å². The zero-order valence-corrected chi connectivity index (χ0v) is 27.7. The first-order valence-corrected chi connectivity index (χ1v) is 14.7. The Labute approximate surface area is 260 Å². The molecule has 1 aromatic rings. The van der Waals surface area contributed by atoms with E-state index in [0.29, 0.717) is 11.3 Å². The summed E-state index contributed by atoms with van der Waals surface area (Å²) in [5.74, 6) is -3.59. The number of nitrogens with one attached hydrogen (secondary N) is 4. The minimum absolute atomic E-state index is 0.0206. The predicted molar refractivity (Wildman–Crippen MR) is 167 cm³/mol. The molecule has 0 saturated carbocycles. The Hall–Kier alpha value is -3.96. The van der Waals surface area contributed by atoms with Gasteiger partial charge >= 0.3 is 12.1 Å². The number of carboxylic acids is 1. The van der Waals surface area contributed by atoms with E-state index in [4.69, 9.17) is 4.74 Å². The van der Waals surface area contributed by atoms with Crippen LogP contribution in [0.3, 0.4) is 0 Å². The number of benzene rings is 1. The number of carbonyl (C=O) groups excluding carboxylic acids is 5. The number of aliphatic carboxylic acids is 1. The summed E-state index contributed by atoms with van der Waals surface area (Å²) in [6.45, 7) is 18.0. The zero-order chi connectivity index (χ0) is 34.0. The normalized spacial score (nSPS) is 12.6. The van der Waals surface area contributed by atoms with E-state index in [1.165, 1.54) is 19.1 Å². The van der Waals surface area contributed by atoms with Crippen molar-refractivity contribution in [1.29, 1.82) is 0 Å². The van der Waals surface area contributed by atoms with Crippen LogP contribution in [0, 0.1) is 22.7 Å². The molecule has 1 rings (SSSR count). The molecule has 12 nitrogen and oxygen atoms in total. The maximum Gasteiger partial charge on any atom is 0.407 e. The number of Topliss-reactive ketones (excluding diaryl/α,β-unsaturated/α-hetero) is 1. The van der Waals surface area contributed by atoms with Gasteiger partial charge in [0.1, 0.15) is 11.4 Å². The fraction of sp³-hybridized carbons (Fsp3) is 0.625. The van der Waals surface area contributed by atoms with E-state index in [-0.39, 0.29) is 55.6 Å². The topological polar surface area (TPSA) is 180 Å². The number of hydrogen-bond donors (Lipinski definition) is 5. The van der Waals surface area contributed by atoms with Crippen LogP contribution < -0.4 is 21.3 Å². The number of rotatable bonds is 15. The maximum atomic E-state index is 13.2. The Balaban J connectivity index is 3.14.